The largest absolute Gasteiger partial charge is 0.497 e. The molecule has 0 radical (unpaired) electrons. The minimum atomic E-state index is 0.0138. The van der Waals surface area contributed by atoms with Crippen LogP contribution in [0, 0.1) is 0 Å². The molecule has 2 rings (SSSR count). The Kier molecular flexibility index (Phi) is 4.69. The van der Waals surface area contributed by atoms with E-state index in [1.807, 2.05) is 31.2 Å². The van der Waals surface area contributed by atoms with Crippen molar-refractivity contribution >= 4 is 17.3 Å². The normalized spacial score (nSPS) is 11.8. The van der Waals surface area contributed by atoms with E-state index in [1.54, 1.807) is 26.6 Å². The number of nitrogens with one attached hydrogen (secondary N) is 1. The van der Waals surface area contributed by atoms with Crippen molar-refractivity contribution in [3.05, 3.63) is 47.2 Å². The van der Waals surface area contributed by atoms with E-state index in [0.29, 0.717) is 5.02 Å². The van der Waals surface area contributed by atoms with Gasteiger partial charge in [-0.2, -0.15) is 0 Å². The highest BCUT2D eigenvalue weighted by Gasteiger charge is 2.13. The highest BCUT2D eigenvalue weighted by Crippen LogP contribution is 2.32. The molecule has 0 bridgehead atoms. The molecule has 0 saturated heterocycles. The Bertz CT molecular complexity index is 590. The van der Waals surface area contributed by atoms with E-state index < -0.39 is 0 Å². The number of halogens is 1. The lowest BCUT2D eigenvalue weighted by Gasteiger charge is -2.19. The first-order chi connectivity index (χ1) is 9.65. The number of anilines is 1. The Labute approximate surface area is 123 Å². The molecule has 1 N–H and O–H groups in total. The van der Waals surface area contributed by atoms with Crippen LogP contribution in [0.2, 0.25) is 5.02 Å². The van der Waals surface area contributed by atoms with Crippen LogP contribution in [0.4, 0.5) is 5.69 Å². The number of rotatable bonds is 5. The number of hydrogen-bond acceptors (Lipinski definition) is 4. The van der Waals surface area contributed by atoms with Gasteiger partial charge in [-0.15, -0.1) is 0 Å². The van der Waals surface area contributed by atoms with Gasteiger partial charge in [0.05, 0.1) is 31.0 Å². The standard InChI is InChI=1S/C15H17ClN2O2/c1-10(18-14-6-7-17-9-13(14)16)12-8-11(19-2)4-5-15(12)20-3/h4-10H,1-3H3,(H,17,18). The smallest absolute Gasteiger partial charge is 0.124 e. The fourth-order valence-corrected chi connectivity index (χ4v) is 2.15. The molecule has 0 fully saturated rings. The Morgan fingerprint density at radius 3 is 2.65 bits per heavy atom. The first-order valence-electron chi connectivity index (χ1n) is 6.23. The van der Waals surface area contributed by atoms with Gasteiger partial charge >= 0.3 is 0 Å². The summed E-state index contributed by atoms with van der Waals surface area (Å²) < 4.78 is 10.7. The van der Waals surface area contributed by atoms with Crippen LogP contribution < -0.4 is 14.8 Å². The molecule has 106 valence electrons. The molecule has 5 heteroatoms. The molecule has 0 aliphatic rings. The van der Waals surface area contributed by atoms with E-state index in [-0.39, 0.29) is 6.04 Å². The fraction of sp³-hybridized carbons (Fsp3) is 0.267. The molecular weight excluding hydrogens is 276 g/mol. The maximum Gasteiger partial charge on any atom is 0.124 e. The molecule has 1 atom stereocenters. The molecule has 1 aromatic heterocycles. The summed E-state index contributed by atoms with van der Waals surface area (Å²) in [7, 11) is 3.29. The Balaban J connectivity index is 2.28. The number of nitrogens with zero attached hydrogens (tertiary/aromatic N) is 1. The highest BCUT2D eigenvalue weighted by molar-refractivity contribution is 6.33. The van der Waals surface area contributed by atoms with Crippen molar-refractivity contribution < 1.29 is 9.47 Å². The highest BCUT2D eigenvalue weighted by atomic mass is 35.5. The molecule has 0 aliphatic carbocycles. The summed E-state index contributed by atoms with van der Waals surface area (Å²) >= 11 is 6.11. The number of methoxy groups -OCH3 is 2. The maximum absolute atomic E-state index is 6.11. The molecule has 1 unspecified atom stereocenters. The lowest BCUT2D eigenvalue weighted by atomic mass is 10.1. The topological polar surface area (TPSA) is 43.4 Å². The van der Waals surface area contributed by atoms with Crippen LogP contribution >= 0.6 is 11.6 Å². The van der Waals surface area contributed by atoms with E-state index in [4.69, 9.17) is 21.1 Å². The van der Waals surface area contributed by atoms with Gasteiger partial charge in [0.2, 0.25) is 0 Å². The summed E-state index contributed by atoms with van der Waals surface area (Å²) in [5.74, 6) is 1.59. The summed E-state index contributed by atoms with van der Waals surface area (Å²) in [6, 6.07) is 7.56. The molecular formula is C15H17ClN2O2. The zero-order chi connectivity index (χ0) is 14.5. The molecule has 4 nitrogen and oxygen atoms in total. The molecule has 1 aromatic carbocycles. The van der Waals surface area contributed by atoms with Crippen LogP contribution in [-0.4, -0.2) is 19.2 Å². The first-order valence-corrected chi connectivity index (χ1v) is 6.61. The quantitative estimate of drug-likeness (QED) is 0.907. The van der Waals surface area contributed by atoms with Crippen LogP contribution in [-0.2, 0) is 0 Å². The third kappa shape index (κ3) is 3.14. The Hall–Kier alpha value is -1.94. The van der Waals surface area contributed by atoms with Crippen molar-refractivity contribution in [3.8, 4) is 11.5 Å². The minimum Gasteiger partial charge on any atom is -0.497 e. The summed E-state index contributed by atoms with van der Waals surface area (Å²) in [5, 5.41) is 3.93. The van der Waals surface area contributed by atoms with Gasteiger partial charge in [-0.05, 0) is 31.2 Å². The predicted octanol–water partition coefficient (Wildman–Crippen LogP) is 3.93. The van der Waals surface area contributed by atoms with Crippen molar-refractivity contribution in [3.63, 3.8) is 0 Å². The SMILES string of the molecule is COc1ccc(OC)c(C(C)Nc2ccncc2Cl)c1. The third-order valence-corrected chi connectivity index (χ3v) is 3.35. The van der Waals surface area contributed by atoms with E-state index in [1.165, 1.54) is 0 Å². The van der Waals surface area contributed by atoms with Gasteiger partial charge in [-0.3, -0.25) is 4.98 Å². The van der Waals surface area contributed by atoms with E-state index in [0.717, 1.165) is 22.7 Å². The zero-order valence-electron chi connectivity index (χ0n) is 11.7. The second-order valence-corrected chi connectivity index (χ2v) is 4.74. The zero-order valence-corrected chi connectivity index (χ0v) is 12.4. The summed E-state index contributed by atoms with van der Waals surface area (Å²) in [6.07, 6.45) is 3.31. The van der Waals surface area contributed by atoms with Gasteiger partial charge in [0, 0.05) is 18.0 Å². The summed E-state index contributed by atoms with van der Waals surface area (Å²) in [5.41, 5.74) is 1.83. The minimum absolute atomic E-state index is 0.0138. The van der Waals surface area contributed by atoms with Crippen LogP contribution in [0.15, 0.2) is 36.7 Å². The van der Waals surface area contributed by atoms with Crippen LogP contribution in [0.5, 0.6) is 11.5 Å². The first kappa shape index (κ1) is 14.5. The van der Waals surface area contributed by atoms with E-state index >= 15 is 0 Å². The van der Waals surface area contributed by atoms with Gasteiger partial charge < -0.3 is 14.8 Å². The van der Waals surface area contributed by atoms with Gasteiger partial charge in [0.15, 0.2) is 0 Å². The van der Waals surface area contributed by atoms with Crippen molar-refractivity contribution in [2.75, 3.05) is 19.5 Å². The summed E-state index contributed by atoms with van der Waals surface area (Å²) in [4.78, 5) is 3.97. The lowest BCUT2D eigenvalue weighted by molar-refractivity contribution is 0.397. The van der Waals surface area contributed by atoms with Gasteiger partial charge in [-0.1, -0.05) is 11.6 Å². The maximum atomic E-state index is 6.11. The number of hydrogen-bond donors (Lipinski definition) is 1. The second-order valence-electron chi connectivity index (χ2n) is 4.33. The lowest BCUT2D eigenvalue weighted by Crippen LogP contribution is -2.09. The second kappa shape index (κ2) is 6.48. The van der Waals surface area contributed by atoms with Crippen molar-refractivity contribution in [2.24, 2.45) is 0 Å². The van der Waals surface area contributed by atoms with E-state index in [2.05, 4.69) is 10.3 Å². The van der Waals surface area contributed by atoms with Gasteiger partial charge in [0.25, 0.3) is 0 Å². The van der Waals surface area contributed by atoms with Gasteiger partial charge in [-0.25, -0.2) is 0 Å². The Morgan fingerprint density at radius 2 is 2.00 bits per heavy atom. The molecule has 0 spiro atoms. The molecule has 0 aliphatic heterocycles. The van der Waals surface area contributed by atoms with E-state index in [9.17, 15) is 0 Å². The summed E-state index contributed by atoms with van der Waals surface area (Å²) in [6.45, 7) is 2.04. The fourth-order valence-electron chi connectivity index (χ4n) is 1.98. The number of pyridine rings is 1. The third-order valence-electron chi connectivity index (χ3n) is 3.05. The molecule has 0 amide bonds. The van der Waals surface area contributed by atoms with Crippen molar-refractivity contribution in [1.29, 1.82) is 0 Å². The molecule has 1 heterocycles. The number of benzene rings is 1. The Morgan fingerprint density at radius 1 is 1.20 bits per heavy atom. The van der Waals surface area contributed by atoms with Gasteiger partial charge in [0.1, 0.15) is 11.5 Å². The average Bonchev–Trinajstić information content (AvgIpc) is 2.48. The monoisotopic (exact) mass is 292 g/mol. The molecule has 0 saturated carbocycles. The van der Waals surface area contributed by atoms with Crippen LogP contribution in [0.3, 0.4) is 0 Å². The van der Waals surface area contributed by atoms with Crippen molar-refractivity contribution in [2.45, 2.75) is 13.0 Å². The predicted molar refractivity (Wildman–Crippen MR) is 80.8 cm³/mol. The van der Waals surface area contributed by atoms with Crippen LogP contribution in [0.25, 0.3) is 0 Å². The average molecular weight is 293 g/mol. The number of ether oxygens (including phenoxy) is 2. The molecule has 20 heavy (non-hydrogen) atoms. The van der Waals surface area contributed by atoms with Crippen molar-refractivity contribution in [1.82, 2.24) is 4.98 Å². The molecule has 2 aromatic rings. The van der Waals surface area contributed by atoms with Crippen LogP contribution in [0.1, 0.15) is 18.5 Å². The number of aromatic nitrogens is 1.